The second-order valence-electron chi connectivity index (χ2n) is 10.6. The Morgan fingerprint density at radius 1 is 0.923 bits per heavy atom. The first-order chi connectivity index (χ1) is 11.9. The fourth-order valence-electron chi connectivity index (χ4n) is 5.53. The van der Waals surface area contributed by atoms with E-state index in [9.17, 15) is 9.59 Å². The van der Waals surface area contributed by atoms with Gasteiger partial charge in [-0.2, -0.15) is 0 Å². The van der Waals surface area contributed by atoms with Crippen molar-refractivity contribution in [3.63, 3.8) is 0 Å². The molecule has 0 N–H and O–H groups in total. The largest absolute Gasteiger partial charge is 0.460 e. The van der Waals surface area contributed by atoms with Crippen LogP contribution in [0.15, 0.2) is 0 Å². The van der Waals surface area contributed by atoms with Crippen LogP contribution in [-0.2, 0) is 19.1 Å². The van der Waals surface area contributed by atoms with Crippen LogP contribution in [0.2, 0.25) is 0 Å². The van der Waals surface area contributed by atoms with Crippen LogP contribution in [0.3, 0.4) is 0 Å². The Hall–Kier alpha value is -1.06. The third-order valence-electron chi connectivity index (χ3n) is 7.08. The average molecular weight is 365 g/mol. The maximum Gasteiger partial charge on any atom is 0.312 e. The molecular formula is C22H36O4. The molecular weight excluding hydrogens is 328 g/mol. The fraction of sp³-hybridized carbons (Fsp3) is 0.909. The minimum Gasteiger partial charge on any atom is -0.460 e. The molecule has 4 aliphatic carbocycles. The monoisotopic (exact) mass is 364 g/mol. The molecule has 4 bridgehead atoms. The molecule has 4 aliphatic rings. The van der Waals surface area contributed by atoms with Gasteiger partial charge in [0.05, 0.1) is 11.8 Å². The van der Waals surface area contributed by atoms with Crippen molar-refractivity contribution in [3.8, 4) is 0 Å². The number of ether oxygens (including phenoxy) is 2. The van der Waals surface area contributed by atoms with E-state index in [1.54, 1.807) is 0 Å². The molecule has 0 saturated heterocycles. The number of esters is 2. The lowest BCUT2D eigenvalue weighted by Gasteiger charge is -2.60. The highest BCUT2D eigenvalue weighted by Gasteiger charge is 2.61. The zero-order chi connectivity index (χ0) is 19.3. The Morgan fingerprint density at radius 2 is 1.42 bits per heavy atom. The first kappa shape index (κ1) is 19.7. The smallest absolute Gasteiger partial charge is 0.312 e. The van der Waals surface area contributed by atoms with E-state index in [1.807, 2.05) is 41.5 Å². The lowest BCUT2D eigenvalue weighted by molar-refractivity contribution is -0.223. The molecule has 0 radical (unpaired) electrons. The molecule has 0 heterocycles. The summed E-state index contributed by atoms with van der Waals surface area (Å²) < 4.78 is 11.9. The number of hydrogen-bond donors (Lipinski definition) is 0. The Kier molecular flexibility index (Phi) is 4.94. The lowest BCUT2D eigenvalue weighted by atomic mass is 9.49. The van der Waals surface area contributed by atoms with Crippen molar-refractivity contribution < 1.29 is 19.1 Å². The van der Waals surface area contributed by atoms with Gasteiger partial charge in [0, 0.05) is 11.8 Å². The van der Waals surface area contributed by atoms with Crippen LogP contribution in [0.25, 0.3) is 0 Å². The van der Waals surface area contributed by atoms with Crippen molar-refractivity contribution >= 4 is 11.9 Å². The number of rotatable bonds is 5. The Balaban J connectivity index is 1.87. The normalized spacial score (nSPS) is 36.1. The summed E-state index contributed by atoms with van der Waals surface area (Å²) in [6.45, 7) is 11.6. The van der Waals surface area contributed by atoms with E-state index in [-0.39, 0.29) is 18.4 Å². The van der Waals surface area contributed by atoms with Crippen LogP contribution in [0.5, 0.6) is 0 Å². The van der Waals surface area contributed by atoms with E-state index in [1.165, 1.54) is 6.42 Å². The van der Waals surface area contributed by atoms with E-state index in [0.717, 1.165) is 43.9 Å². The standard InChI is InChI=1S/C22H36O4/c1-7-21(5,6)19(24)26-22(13-18(23)25-20(2,3)4)16-9-14-8-15(11-16)12-17(22)10-14/h14-17H,7-13H2,1-6H3. The van der Waals surface area contributed by atoms with Gasteiger partial charge < -0.3 is 9.47 Å². The summed E-state index contributed by atoms with van der Waals surface area (Å²) in [5.41, 5.74) is -1.69. The zero-order valence-electron chi connectivity index (χ0n) is 17.4. The molecule has 4 rings (SSSR count). The molecule has 0 atom stereocenters. The molecule has 0 aromatic rings. The van der Waals surface area contributed by atoms with Gasteiger partial charge in [-0.05, 0) is 85.0 Å². The third-order valence-corrected chi connectivity index (χ3v) is 7.08. The third kappa shape index (κ3) is 3.66. The van der Waals surface area contributed by atoms with E-state index in [2.05, 4.69) is 0 Å². The van der Waals surface area contributed by atoms with Crippen LogP contribution >= 0.6 is 0 Å². The van der Waals surface area contributed by atoms with Crippen LogP contribution in [-0.4, -0.2) is 23.1 Å². The molecule has 0 aromatic heterocycles. The molecule has 148 valence electrons. The van der Waals surface area contributed by atoms with Crippen molar-refractivity contribution in [2.24, 2.45) is 29.1 Å². The lowest BCUT2D eigenvalue weighted by Crippen LogP contribution is -2.61. The van der Waals surface area contributed by atoms with Crippen molar-refractivity contribution in [1.82, 2.24) is 0 Å². The van der Waals surface area contributed by atoms with Gasteiger partial charge in [0.15, 0.2) is 0 Å². The van der Waals surface area contributed by atoms with Gasteiger partial charge in [-0.1, -0.05) is 6.92 Å². The summed E-state index contributed by atoms with van der Waals surface area (Å²) in [7, 11) is 0. The summed E-state index contributed by atoms with van der Waals surface area (Å²) in [6, 6.07) is 0. The molecule has 0 spiro atoms. The van der Waals surface area contributed by atoms with Gasteiger partial charge in [0.25, 0.3) is 0 Å². The van der Waals surface area contributed by atoms with Crippen LogP contribution < -0.4 is 0 Å². The number of carbonyl (C=O) groups excluding carboxylic acids is 2. The average Bonchev–Trinajstić information content (AvgIpc) is 2.49. The minimum atomic E-state index is -0.653. The van der Waals surface area contributed by atoms with Crippen molar-refractivity contribution in [2.45, 2.75) is 97.7 Å². The molecule has 26 heavy (non-hydrogen) atoms. The minimum absolute atomic E-state index is 0.156. The summed E-state index contributed by atoms with van der Waals surface area (Å²) in [5, 5.41) is 0. The highest BCUT2D eigenvalue weighted by molar-refractivity contribution is 5.78. The molecule has 0 amide bonds. The first-order valence-electron chi connectivity index (χ1n) is 10.4. The zero-order valence-corrected chi connectivity index (χ0v) is 17.4. The molecule has 4 fully saturated rings. The van der Waals surface area contributed by atoms with Crippen molar-refractivity contribution in [2.75, 3.05) is 0 Å². The van der Waals surface area contributed by atoms with E-state index in [4.69, 9.17) is 9.47 Å². The Labute approximate surface area is 158 Å². The first-order valence-corrected chi connectivity index (χ1v) is 10.4. The van der Waals surface area contributed by atoms with Crippen LogP contribution in [0.1, 0.15) is 86.5 Å². The molecule has 4 heteroatoms. The molecule has 0 aromatic carbocycles. The van der Waals surface area contributed by atoms with Crippen molar-refractivity contribution in [1.29, 1.82) is 0 Å². The topological polar surface area (TPSA) is 52.6 Å². The highest BCUT2D eigenvalue weighted by atomic mass is 16.6. The summed E-state index contributed by atoms with van der Waals surface area (Å²) in [5.74, 6) is 1.73. The summed E-state index contributed by atoms with van der Waals surface area (Å²) in [4.78, 5) is 25.7. The summed E-state index contributed by atoms with van der Waals surface area (Å²) >= 11 is 0. The van der Waals surface area contributed by atoms with Gasteiger partial charge >= 0.3 is 11.9 Å². The van der Waals surface area contributed by atoms with Gasteiger partial charge in [-0.3, -0.25) is 9.59 Å². The van der Waals surface area contributed by atoms with Gasteiger partial charge in [0.1, 0.15) is 11.2 Å². The van der Waals surface area contributed by atoms with Crippen LogP contribution in [0.4, 0.5) is 0 Å². The highest BCUT2D eigenvalue weighted by Crippen LogP contribution is 2.61. The molecule has 4 nitrogen and oxygen atoms in total. The number of hydrogen-bond acceptors (Lipinski definition) is 4. The Morgan fingerprint density at radius 3 is 1.85 bits per heavy atom. The fourth-order valence-corrected chi connectivity index (χ4v) is 5.53. The Bertz CT molecular complexity index is 541. The van der Waals surface area contributed by atoms with E-state index in [0.29, 0.717) is 11.8 Å². The molecule has 0 aliphatic heterocycles. The van der Waals surface area contributed by atoms with E-state index < -0.39 is 16.6 Å². The van der Waals surface area contributed by atoms with E-state index >= 15 is 0 Å². The predicted molar refractivity (Wildman–Crippen MR) is 100 cm³/mol. The van der Waals surface area contributed by atoms with Gasteiger partial charge in [0.2, 0.25) is 0 Å². The maximum atomic E-state index is 13.0. The van der Waals surface area contributed by atoms with Crippen LogP contribution in [0, 0.1) is 29.1 Å². The second kappa shape index (κ2) is 6.53. The van der Waals surface area contributed by atoms with Gasteiger partial charge in [-0.15, -0.1) is 0 Å². The number of carbonyl (C=O) groups is 2. The van der Waals surface area contributed by atoms with Crippen molar-refractivity contribution in [3.05, 3.63) is 0 Å². The van der Waals surface area contributed by atoms with Gasteiger partial charge in [-0.25, -0.2) is 0 Å². The SMILES string of the molecule is CCC(C)(C)C(=O)OC1(CC(=O)OC(C)(C)C)C2CC3CC(C2)CC1C3. The summed E-state index contributed by atoms with van der Waals surface area (Å²) in [6.07, 6.45) is 6.64. The maximum absolute atomic E-state index is 13.0. The molecule has 4 saturated carbocycles. The predicted octanol–water partition coefficient (Wildman–Crippen LogP) is 4.89. The quantitative estimate of drug-likeness (QED) is 0.652. The second-order valence-corrected chi connectivity index (χ2v) is 10.6. The molecule has 0 unspecified atom stereocenters.